The summed E-state index contributed by atoms with van der Waals surface area (Å²) in [6.45, 7) is 1.97. The minimum atomic E-state index is 0.986. The van der Waals surface area contributed by atoms with Crippen LogP contribution in [0.3, 0.4) is 0 Å². The van der Waals surface area contributed by atoms with Crippen LogP contribution in [-0.2, 0) is 0 Å². The third kappa shape index (κ3) is 1.22. The smallest absolute Gasteiger partial charge is 0.122 e. The zero-order valence-corrected chi connectivity index (χ0v) is 7.17. The summed E-state index contributed by atoms with van der Waals surface area (Å²) in [4.78, 5) is 8.69. The number of nitrogens with zero attached hydrogens (tertiary/aromatic N) is 2. The predicted octanol–water partition coefficient (Wildman–Crippen LogP) is 1.28. The molecule has 4 heteroatoms. The third-order valence-corrected chi connectivity index (χ3v) is 3.45. The number of aliphatic imine (C=N–C) groups is 2. The lowest BCUT2D eigenvalue weighted by Gasteiger charge is -1.94. The second kappa shape index (κ2) is 2.96. The van der Waals surface area contributed by atoms with Crippen molar-refractivity contribution in [2.75, 3.05) is 24.6 Å². The van der Waals surface area contributed by atoms with Gasteiger partial charge in [0.2, 0.25) is 0 Å². The molecule has 0 spiro atoms. The first-order valence-corrected chi connectivity index (χ1v) is 5.29. The normalized spacial score (nSPS) is 24.8. The van der Waals surface area contributed by atoms with Crippen molar-refractivity contribution in [3.8, 4) is 0 Å². The highest BCUT2D eigenvalue weighted by Gasteiger charge is 2.16. The maximum Gasteiger partial charge on any atom is 0.122 e. The molecule has 2 rings (SSSR count). The van der Waals surface area contributed by atoms with Crippen LogP contribution < -0.4 is 0 Å². The zero-order chi connectivity index (χ0) is 6.81. The molecule has 0 amide bonds. The first-order chi connectivity index (χ1) is 4.97. The van der Waals surface area contributed by atoms with E-state index in [-0.39, 0.29) is 0 Å². The first kappa shape index (κ1) is 6.73. The molecule has 2 aliphatic rings. The third-order valence-electron chi connectivity index (χ3n) is 1.35. The van der Waals surface area contributed by atoms with Crippen LogP contribution in [0, 0.1) is 0 Å². The van der Waals surface area contributed by atoms with E-state index in [1.54, 1.807) is 0 Å². The summed E-state index contributed by atoms with van der Waals surface area (Å²) in [7, 11) is 0. The molecule has 0 N–H and O–H groups in total. The Morgan fingerprint density at radius 3 is 1.70 bits per heavy atom. The van der Waals surface area contributed by atoms with E-state index < -0.39 is 0 Å². The zero-order valence-electron chi connectivity index (χ0n) is 5.54. The average Bonchev–Trinajstić information content (AvgIpc) is 2.59. The molecule has 0 aromatic heterocycles. The summed E-state index contributed by atoms with van der Waals surface area (Å²) in [6.07, 6.45) is 0. The van der Waals surface area contributed by atoms with Gasteiger partial charge in [-0.3, -0.25) is 9.98 Å². The highest BCUT2D eigenvalue weighted by atomic mass is 32.2. The number of hydrogen-bond donors (Lipinski definition) is 0. The van der Waals surface area contributed by atoms with Crippen LogP contribution in [0.2, 0.25) is 0 Å². The topological polar surface area (TPSA) is 24.7 Å². The van der Waals surface area contributed by atoms with E-state index in [2.05, 4.69) is 9.98 Å². The van der Waals surface area contributed by atoms with Gasteiger partial charge in [-0.15, -0.1) is 23.5 Å². The molecule has 2 heterocycles. The lowest BCUT2D eigenvalue weighted by atomic mass is 10.7. The molecule has 54 valence electrons. The van der Waals surface area contributed by atoms with Crippen LogP contribution in [0.25, 0.3) is 0 Å². The summed E-state index contributed by atoms with van der Waals surface area (Å²) in [5.41, 5.74) is 0. The second-order valence-electron chi connectivity index (χ2n) is 2.07. The largest absolute Gasteiger partial charge is 0.275 e. The Kier molecular flexibility index (Phi) is 2.00. The summed E-state index contributed by atoms with van der Waals surface area (Å²) in [6, 6.07) is 0. The van der Waals surface area contributed by atoms with Gasteiger partial charge in [-0.2, -0.15) is 0 Å². The molecule has 2 aliphatic heterocycles. The SMILES string of the molecule is C1CSC(C2=NCCS2)=N1. The second-order valence-corrected chi connectivity index (χ2v) is 4.24. The van der Waals surface area contributed by atoms with E-state index in [1.165, 1.54) is 10.1 Å². The van der Waals surface area contributed by atoms with E-state index in [0.717, 1.165) is 24.6 Å². The quantitative estimate of drug-likeness (QED) is 0.595. The van der Waals surface area contributed by atoms with Crippen molar-refractivity contribution in [2.24, 2.45) is 9.98 Å². The van der Waals surface area contributed by atoms with E-state index >= 15 is 0 Å². The average molecular weight is 172 g/mol. The standard InChI is InChI=1S/C6H8N2S2/c1-3-9-5(7-1)6-8-2-4-10-6/h1-4H2. The Morgan fingerprint density at radius 1 is 0.900 bits per heavy atom. The van der Waals surface area contributed by atoms with Crippen LogP contribution >= 0.6 is 23.5 Å². The van der Waals surface area contributed by atoms with Crippen molar-refractivity contribution < 1.29 is 0 Å². The van der Waals surface area contributed by atoms with Crippen molar-refractivity contribution in [1.29, 1.82) is 0 Å². The Balaban J connectivity index is 2.10. The van der Waals surface area contributed by atoms with Crippen LogP contribution in [0.15, 0.2) is 9.98 Å². The Hall–Kier alpha value is 0.0400. The monoisotopic (exact) mass is 172 g/mol. The lowest BCUT2D eigenvalue weighted by molar-refractivity contribution is 1.17. The molecule has 2 nitrogen and oxygen atoms in total. The fourth-order valence-corrected chi connectivity index (χ4v) is 2.78. The summed E-state index contributed by atoms with van der Waals surface area (Å²) in [5, 5.41) is 2.37. The van der Waals surface area contributed by atoms with Gasteiger partial charge < -0.3 is 0 Å². The Bertz CT molecular complexity index is 176. The van der Waals surface area contributed by atoms with Gasteiger partial charge >= 0.3 is 0 Å². The fraction of sp³-hybridized carbons (Fsp3) is 0.667. The van der Waals surface area contributed by atoms with Crippen LogP contribution in [0.5, 0.6) is 0 Å². The summed E-state index contributed by atoms with van der Waals surface area (Å²) >= 11 is 3.68. The van der Waals surface area contributed by atoms with Crippen molar-refractivity contribution in [3.63, 3.8) is 0 Å². The van der Waals surface area contributed by atoms with Crippen molar-refractivity contribution in [1.82, 2.24) is 0 Å². The van der Waals surface area contributed by atoms with Gasteiger partial charge in [0.25, 0.3) is 0 Å². The molecule has 0 saturated carbocycles. The van der Waals surface area contributed by atoms with Gasteiger partial charge in [0, 0.05) is 24.6 Å². The summed E-state index contributed by atoms with van der Waals surface area (Å²) < 4.78 is 0. The van der Waals surface area contributed by atoms with Crippen LogP contribution in [0.1, 0.15) is 0 Å². The van der Waals surface area contributed by atoms with Gasteiger partial charge in [-0.05, 0) is 0 Å². The molecule has 0 unspecified atom stereocenters. The van der Waals surface area contributed by atoms with Gasteiger partial charge in [0.05, 0.1) is 0 Å². The molecule has 0 radical (unpaired) electrons. The number of hydrogen-bond acceptors (Lipinski definition) is 4. The van der Waals surface area contributed by atoms with E-state index in [0.29, 0.717) is 0 Å². The molecular formula is C6H8N2S2. The van der Waals surface area contributed by atoms with E-state index in [1.807, 2.05) is 23.5 Å². The highest BCUT2D eigenvalue weighted by Crippen LogP contribution is 2.22. The maximum absolute atomic E-state index is 4.35. The molecule has 0 aromatic carbocycles. The Morgan fingerprint density at radius 2 is 1.40 bits per heavy atom. The van der Waals surface area contributed by atoms with Gasteiger partial charge in [-0.1, -0.05) is 0 Å². The predicted molar refractivity (Wildman–Crippen MR) is 49.5 cm³/mol. The van der Waals surface area contributed by atoms with Gasteiger partial charge in [0.1, 0.15) is 10.1 Å². The molecule has 0 aromatic rings. The fourth-order valence-electron chi connectivity index (χ4n) is 0.929. The molecule has 0 fully saturated rings. The van der Waals surface area contributed by atoms with Crippen LogP contribution in [-0.4, -0.2) is 34.7 Å². The van der Waals surface area contributed by atoms with Crippen LogP contribution in [0.4, 0.5) is 0 Å². The van der Waals surface area contributed by atoms with Crippen molar-refractivity contribution in [3.05, 3.63) is 0 Å². The minimum Gasteiger partial charge on any atom is -0.275 e. The number of thioether (sulfide) groups is 2. The molecule has 10 heavy (non-hydrogen) atoms. The lowest BCUT2D eigenvalue weighted by Crippen LogP contribution is -1.99. The van der Waals surface area contributed by atoms with Gasteiger partial charge in [0.15, 0.2) is 0 Å². The molecule has 0 atom stereocenters. The highest BCUT2D eigenvalue weighted by molar-refractivity contribution is 8.25. The van der Waals surface area contributed by atoms with Gasteiger partial charge in [-0.25, -0.2) is 0 Å². The molecule has 0 aliphatic carbocycles. The molecule has 0 bridgehead atoms. The number of rotatable bonds is 1. The summed E-state index contributed by atoms with van der Waals surface area (Å²) in [5.74, 6) is 2.30. The minimum absolute atomic E-state index is 0.986. The van der Waals surface area contributed by atoms with E-state index in [4.69, 9.17) is 0 Å². The van der Waals surface area contributed by atoms with E-state index in [9.17, 15) is 0 Å². The first-order valence-electron chi connectivity index (χ1n) is 3.32. The molecular weight excluding hydrogens is 164 g/mol. The van der Waals surface area contributed by atoms with Crippen molar-refractivity contribution in [2.45, 2.75) is 0 Å². The maximum atomic E-state index is 4.35. The Labute approximate surface area is 68.6 Å². The van der Waals surface area contributed by atoms with Crippen molar-refractivity contribution >= 4 is 33.6 Å². The molecule has 0 saturated heterocycles.